The highest BCUT2D eigenvalue weighted by atomic mass is 32.2. The van der Waals surface area contributed by atoms with Gasteiger partial charge in [-0.1, -0.05) is 6.92 Å². The smallest absolute Gasteiger partial charge is 0.150 e. The Balaban J connectivity index is 2.40. The summed E-state index contributed by atoms with van der Waals surface area (Å²) in [5, 5.41) is 9.70. The van der Waals surface area contributed by atoms with Gasteiger partial charge < -0.3 is 5.11 Å². The summed E-state index contributed by atoms with van der Waals surface area (Å²) in [5.41, 5.74) is 0.531. The Kier molecular flexibility index (Phi) is 4.82. The molecule has 0 radical (unpaired) electrons. The molecule has 0 aliphatic rings. The molecule has 0 aliphatic heterocycles. The van der Waals surface area contributed by atoms with E-state index in [1.54, 1.807) is 19.2 Å². The van der Waals surface area contributed by atoms with E-state index in [4.69, 9.17) is 0 Å². The van der Waals surface area contributed by atoms with Crippen molar-refractivity contribution in [3.63, 3.8) is 0 Å². The van der Waals surface area contributed by atoms with Crippen LogP contribution in [0.4, 0.5) is 0 Å². The number of aromatic nitrogens is 2. The molecule has 0 fully saturated rings. The van der Waals surface area contributed by atoms with Crippen LogP contribution in [0.25, 0.3) is 0 Å². The number of sulfone groups is 1. The van der Waals surface area contributed by atoms with Crippen molar-refractivity contribution in [3.05, 3.63) is 24.3 Å². The first kappa shape index (κ1) is 13.1. The Morgan fingerprint density at radius 1 is 1.50 bits per heavy atom. The second-order valence-electron chi connectivity index (χ2n) is 3.53. The van der Waals surface area contributed by atoms with Crippen molar-refractivity contribution < 1.29 is 13.5 Å². The zero-order valence-corrected chi connectivity index (χ0v) is 10.0. The SMILES string of the molecule is CCS(=O)(=O)CCCC(O)c1ccncn1. The summed E-state index contributed by atoms with van der Waals surface area (Å²) in [4.78, 5) is 7.65. The number of aliphatic hydroxyl groups is 1. The van der Waals surface area contributed by atoms with Crippen molar-refractivity contribution >= 4 is 9.84 Å². The van der Waals surface area contributed by atoms with Gasteiger partial charge in [0, 0.05) is 11.9 Å². The lowest BCUT2D eigenvalue weighted by Gasteiger charge is -2.08. The maximum Gasteiger partial charge on any atom is 0.150 e. The lowest BCUT2D eigenvalue weighted by Crippen LogP contribution is -2.10. The predicted octanol–water partition coefficient (Wildman–Crippen LogP) is 0.725. The summed E-state index contributed by atoms with van der Waals surface area (Å²) in [6.07, 6.45) is 3.04. The highest BCUT2D eigenvalue weighted by Gasteiger charge is 2.12. The highest BCUT2D eigenvalue weighted by Crippen LogP contribution is 2.15. The number of hydrogen-bond donors (Lipinski definition) is 1. The first-order valence-corrected chi connectivity index (χ1v) is 7.01. The van der Waals surface area contributed by atoms with Gasteiger partial charge in [0.2, 0.25) is 0 Å². The van der Waals surface area contributed by atoms with E-state index in [-0.39, 0.29) is 11.5 Å². The van der Waals surface area contributed by atoms with Crippen molar-refractivity contribution in [2.45, 2.75) is 25.9 Å². The number of aliphatic hydroxyl groups excluding tert-OH is 1. The normalized spacial score (nSPS) is 13.6. The second-order valence-corrected chi connectivity index (χ2v) is 6.00. The summed E-state index contributed by atoms with van der Waals surface area (Å²) in [5.74, 6) is 0.266. The molecule has 1 aromatic heterocycles. The molecular weight excluding hydrogens is 228 g/mol. The Labute approximate surface area is 95.5 Å². The fourth-order valence-corrected chi connectivity index (χ4v) is 2.18. The van der Waals surface area contributed by atoms with E-state index >= 15 is 0 Å². The van der Waals surface area contributed by atoms with Crippen LogP contribution in [-0.4, -0.2) is 35.0 Å². The minimum atomic E-state index is -2.94. The van der Waals surface area contributed by atoms with Gasteiger partial charge >= 0.3 is 0 Å². The lowest BCUT2D eigenvalue weighted by molar-refractivity contribution is 0.162. The van der Waals surface area contributed by atoms with Crippen LogP contribution in [0, 0.1) is 0 Å². The summed E-state index contributed by atoms with van der Waals surface area (Å²) in [7, 11) is -2.94. The van der Waals surface area contributed by atoms with Crippen LogP contribution in [0.2, 0.25) is 0 Å². The van der Waals surface area contributed by atoms with Gasteiger partial charge in [-0.15, -0.1) is 0 Å². The van der Waals surface area contributed by atoms with E-state index in [0.717, 1.165) is 0 Å². The first-order chi connectivity index (χ1) is 7.55. The number of rotatable bonds is 6. The van der Waals surface area contributed by atoms with Gasteiger partial charge in [0.15, 0.2) is 0 Å². The molecule has 5 nitrogen and oxygen atoms in total. The van der Waals surface area contributed by atoms with Gasteiger partial charge in [0.05, 0.1) is 17.6 Å². The fraction of sp³-hybridized carbons (Fsp3) is 0.600. The minimum Gasteiger partial charge on any atom is -0.387 e. The van der Waals surface area contributed by atoms with Crippen LogP contribution < -0.4 is 0 Å². The van der Waals surface area contributed by atoms with Crippen LogP contribution in [0.15, 0.2) is 18.6 Å². The molecule has 0 saturated heterocycles. The minimum absolute atomic E-state index is 0.117. The number of hydrogen-bond acceptors (Lipinski definition) is 5. The van der Waals surface area contributed by atoms with Crippen molar-refractivity contribution in [2.24, 2.45) is 0 Å². The van der Waals surface area contributed by atoms with Crippen LogP contribution in [-0.2, 0) is 9.84 Å². The molecule has 0 spiro atoms. The Bertz CT molecular complexity index is 405. The summed E-state index contributed by atoms with van der Waals surface area (Å²) >= 11 is 0. The zero-order chi connectivity index (χ0) is 12.0. The third-order valence-corrected chi connectivity index (χ3v) is 4.11. The molecule has 1 aromatic rings. The quantitative estimate of drug-likeness (QED) is 0.797. The van der Waals surface area contributed by atoms with E-state index in [9.17, 15) is 13.5 Å². The van der Waals surface area contributed by atoms with E-state index in [2.05, 4.69) is 9.97 Å². The molecule has 1 atom stereocenters. The van der Waals surface area contributed by atoms with E-state index < -0.39 is 15.9 Å². The van der Waals surface area contributed by atoms with E-state index in [0.29, 0.717) is 18.5 Å². The molecule has 1 unspecified atom stereocenters. The van der Waals surface area contributed by atoms with Gasteiger partial charge in [-0.2, -0.15) is 0 Å². The third-order valence-electron chi connectivity index (χ3n) is 2.32. The Morgan fingerprint density at radius 2 is 2.25 bits per heavy atom. The predicted molar refractivity (Wildman–Crippen MR) is 60.6 cm³/mol. The molecule has 0 saturated carbocycles. The molecule has 1 rings (SSSR count). The zero-order valence-electron chi connectivity index (χ0n) is 9.20. The third kappa shape index (κ3) is 4.24. The van der Waals surface area contributed by atoms with Crippen LogP contribution in [0.1, 0.15) is 31.6 Å². The fourth-order valence-electron chi connectivity index (χ4n) is 1.29. The molecule has 6 heteroatoms. The Hall–Kier alpha value is -1.01. The molecule has 16 heavy (non-hydrogen) atoms. The van der Waals surface area contributed by atoms with E-state index in [1.807, 2.05) is 0 Å². The van der Waals surface area contributed by atoms with Crippen molar-refractivity contribution in [2.75, 3.05) is 11.5 Å². The van der Waals surface area contributed by atoms with Crippen molar-refractivity contribution in [3.8, 4) is 0 Å². The topological polar surface area (TPSA) is 80.2 Å². The average molecular weight is 244 g/mol. The summed E-state index contributed by atoms with van der Waals surface area (Å²) in [6, 6.07) is 1.62. The maximum absolute atomic E-state index is 11.2. The average Bonchev–Trinajstić information content (AvgIpc) is 2.30. The Morgan fingerprint density at radius 3 is 2.81 bits per heavy atom. The molecule has 0 amide bonds. The van der Waals surface area contributed by atoms with Gasteiger partial charge in [-0.05, 0) is 18.9 Å². The van der Waals surface area contributed by atoms with Crippen LogP contribution in [0.5, 0.6) is 0 Å². The van der Waals surface area contributed by atoms with Gasteiger partial charge in [-0.25, -0.2) is 18.4 Å². The van der Waals surface area contributed by atoms with Gasteiger partial charge in [0.25, 0.3) is 0 Å². The van der Waals surface area contributed by atoms with Crippen LogP contribution in [0.3, 0.4) is 0 Å². The summed E-state index contributed by atoms with van der Waals surface area (Å²) < 4.78 is 22.4. The standard InChI is InChI=1S/C10H16N2O3S/c1-2-16(14,15)7-3-4-10(13)9-5-6-11-8-12-9/h5-6,8,10,13H,2-4,7H2,1H3. The van der Waals surface area contributed by atoms with Crippen LogP contribution >= 0.6 is 0 Å². The van der Waals surface area contributed by atoms with Gasteiger partial charge in [0.1, 0.15) is 16.2 Å². The largest absolute Gasteiger partial charge is 0.387 e. The molecule has 90 valence electrons. The maximum atomic E-state index is 11.2. The van der Waals surface area contributed by atoms with Crippen molar-refractivity contribution in [1.29, 1.82) is 0 Å². The monoisotopic (exact) mass is 244 g/mol. The van der Waals surface area contributed by atoms with Crippen molar-refractivity contribution in [1.82, 2.24) is 9.97 Å². The highest BCUT2D eigenvalue weighted by molar-refractivity contribution is 7.91. The van der Waals surface area contributed by atoms with Gasteiger partial charge in [-0.3, -0.25) is 0 Å². The molecule has 0 aliphatic carbocycles. The van der Waals surface area contributed by atoms with E-state index in [1.165, 1.54) is 6.33 Å². The second kappa shape index (κ2) is 5.91. The molecule has 0 bridgehead atoms. The summed E-state index contributed by atoms with van der Waals surface area (Å²) in [6.45, 7) is 1.62. The first-order valence-electron chi connectivity index (χ1n) is 5.19. The lowest BCUT2D eigenvalue weighted by atomic mass is 10.1. The number of nitrogens with zero attached hydrogens (tertiary/aromatic N) is 2. The molecule has 1 heterocycles. The molecular formula is C10H16N2O3S. The molecule has 1 N–H and O–H groups in total. The molecule has 0 aromatic carbocycles.